The van der Waals surface area contributed by atoms with Crippen molar-refractivity contribution in [2.45, 2.75) is 25.0 Å². The van der Waals surface area contributed by atoms with Gasteiger partial charge in [-0.05, 0) is 12.8 Å². The van der Waals surface area contributed by atoms with Crippen LogP contribution in [-0.4, -0.2) is 31.0 Å². The number of hydrogen-bond acceptors (Lipinski definition) is 4. The van der Waals surface area contributed by atoms with E-state index in [1.165, 1.54) is 6.20 Å². The van der Waals surface area contributed by atoms with E-state index in [1.807, 2.05) is 0 Å². The van der Waals surface area contributed by atoms with E-state index >= 15 is 0 Å². The lowest BCUT2D eigenvalue weighted by molar-refractivity contribution is 0.0451. The molecule has 5 nitrogen and oxygen atoms in total. The highest BCUT2D eigenvalue weighted by atomic mass is 35.5. The van der Waals surface area contributed by atoms with Gasteiger partial charge >= 0.3 is 0 Å². The van der Waals surface area contributed by atoms with Gasteiger partial charge in [-0.25, -0.2) is 14.6 Å². The summed E-state index contributed by atoms with van der Waals surface area (Å²) in [6.07, 6.45) is 4.42. The van der Waals surface area contributed by atoms with Crippen molar-refractivity contribution in [1.82, 2.24) is 19.7 Å². The molecule has 3 rings (SSSR count). The molecule has 0 bridgehead atoms. The van der Waals surface area contributed by atoms with Crippen LogP contribution in [0.3, 0.4) is 0 Å². The van der Waals surface area contributed by atoms with Crippen LogP contribution in [0.5, 0.6) is 0 Å². The predicted molar refractivity (Wildman–Crippen MR) is 54.6 cm³/mol. The number of halogens is 1. The second-order valence-corrected chi connectivity index (χ2v) is 4.16. The third kappa shape index (κ3) is 1.39. The number of nitrogens with zero attached hydrogens (tertiary/aromatic N) is 4. The fourth-order valence-electron chi connectivity index (χ4n) is 1.83. The van der Waals surface area contributed by atoms with Gasteiger partial charge in [-0.15, -0.1) is 0 Å². The molecule has 0 aromatic carbocycles. The van der Waals surface area contributed by atoms with Gasteiger partial charge in [-0.3, -0.25) is 0 Å². The first-order chi connectivity index (χ1) is 7.24. The largest absolute Gasteiger partial charge is 0.393 e. The van der Waals surface area contributed by atoms with Crippen LogP contribution in [-0.2, 0) is 0 Å². The number of aliphatic hydroxyl groups is 1. The quantitative estimate of drug-likeness (QED) is 0.790. The van der Waals surface area contributed by atoms with Crippen LogP contribution in [0.15, 0.2) is 12.4 Å². The van der Waals surface area contributed by atoms with Crippen molar-refractivity contribution < 1.29 is 5.11 Å². The topological polar surface area (TPSA) is 63.8 Å². The van der Waals surface area contributed by atoms with E-state index < -0.39 is 0 Å². The molecule has 0 amide bonds. The summed E-state index contributed by atoms with van der Waals surface area (Å²) in [5, 5.41) is 13.8. The zero-order chi connectivity index (χ0) is 10.4. The lowest BCUT2D eigenvalue weighted by Crippen LogP contribution is -2.31. The predicted octanol–water partition coefficient (Wildman–Crippen LogP) is 1.18. The van der Waals surface area contributed by atoms with Crippen molar-refractivity contribution in [2.24, 2.45) is 0 Å². The highest BCUT2D eigenvalue weighted by Crippen LogP contribution is 2.33. The van der Waals surface area contributed by atoms with E-state index in [1.54, 1.807) is 10.9 Å². The molecule has 0 radical (unpaired) electrons. The second-order valence-electron chi connectivity index (χ2n) is 3.77. The zero-order valence-corrected chi connectivity index (χ0v) is 8.59. The Hall–Kier alpha value is -1.20. The molecular formula is C9H9ClN4O. The Morgan fingerprint density at radius 1 is 1.40 bits per heavy atom. The summed E-state index contributed by atoms with van der Waals surface area (Å²) >= 11 is 5.78. The molecule has 1 aliphatic carbocycles. The number of aliphatic hydroxyl groups excluding tert-OH is 1. The molecule has 2 aromatic heterocycles. The summed E-state index contributed by atoms with van der Waals surface area (Å²) in [5.74, 6) is 0. The Morgan fingerprint density at radius 2 is 2.20 bits per heavy atom. The van der Waals surface area contributed by atoms with Crippen molar-refractivity contribution in [3.8, 4) is 0 Å². The fraction of sp³-hybridized carbons (Fsp3) is 0.444. The van der Waals surface area contributed by atoms with Crippen molar-refractivity contribution in [3.63, 3.8) is 0 Å². The maximum Gasteiger partial charge on any atom is 0.178 e. The van der Waals surface area contributed by atoms with Gasteiger partial charge in [0, 0.05) is 0 Å². The van der Waals surface area contributed by atoms with Gasteiger partial charge in [0.25, 0.3) is 0 Å². The maximum atomic E-state index is 9.24. The Kier molecular flexibility index (Phi) is 1.90. The monoisotopic (exact) mass is 224 g/mol. The Morgan fingerprint density at radius 3 is 2.93 bits per heavy atom. The standard InChI is InChI=1S/C9H9ClN4O/c10-8-4-11-7-3-12-14(9(7)13-8)5-1-6(15)2-5/h3-6,15H,1-2H2. The van der Waals surface area contributed by atoms with Crippen molar-refractivity contribution in [2.75, 3.05) is 0 Å². The first-order valence-corrected chi connectivity index (χ1v) is 5.15. The zero-order valence-electron chi connectivity index (χ0n) is 7.84. The SMILES string of the molecule is OC1CC(n2ncc3ncc(Cl)nc32)C1. The molecule has 2 heterocycles. The van der Waals surface area contributed by atoms with Gasteiger partial charge in [0.1, 0.15) is 10.7 Å². The minimum absolute atomic E-state index is 0.207. The Balaban J connectivity index is 2.07. The fourth-order valence-corrected chi connectivity index (χ4v) is 1.95. The van der Waals surface area contributed by atoms with Gasteiger partial charge in [0.2, 0.25) is 0 Å². The molecule has 1 N–H and O–H groups in total. The van der Waals surface area contributed by atoms with Crippen LogP contribution in [0.25, 0.3) is 11.2 Å². The highest BCUT2D eigenvalue weighted by molar-refractivity contribution is 6.29. The summed E-state index contributed by atoms with van der Waals surface area (Å²) in [4.78, 5) is 8.31. The molecular weight excluding hydrogens is 216 g/mol. The number of rotatable bonds is 1. The molecule has 15 heavy (non-hydrogen) atoms. The third-order valence-electron chi connectivity index (χ3n) is 2.71. The van der Waals surface area contributed by atoms with Crippen LogP contribution in [0.2, 0.25) is 5.15 Å². The lowest BCUT2D eigenvalue weighted by Gasteiger charge is -2.31. The van der Waals surface area contributed by atoms with Crippen molar-refractivity contribution in [3.05, 3.63) is 17.5 Å². The van der Waals surface area contributed by atoms with Crippen LogP contribution in [0, 0.1) is 0 Å². The van der Waals surface area contributed by atoms with E-state index in [-0.39, 0.29) is 12.1 Å². The molecule has 0 atom stereocenters. The molecule has 1 saturated carbocycles. The molecule has 78 valence electrons. The number of fused-ring (bicyclic) bond motifs is 1. The van der Waals surface area contributed by atoms with Gasteiger partial charge in [0.15, 0.2) is 5.65 Å². The average Bonchev–Trinajstić information content (AvgIpc) is 2.56. The maximum absolute atomic E-state index is 9.24. The van der Waals surface area contributed by atoms with Gasteiger partial charge < -0.3 is 5.11 Å². The Bertz CT molecular complexity index is 506. The molecule has 1 fully saturated rings. The van der Waals surface area contributed by atoms with Gasteiger partial charge in [-0.1, -0.05) is 11.6 Å². The molecule has 0 aliphatic heterocycles. The molecule has 0 unspecified atom stereocenters. The first-order valence-electron chi connectivity index (χ1n) is 4.78. The van der Waals surface area contributed by atoms with Crippen molar-refractivity contribution >= 4 is 22.8 Å². The van der Waals surface area contributed by atoms with Crippen LogP contribution >= 0.6 is 11.6 Å². The molecule has 1 aliphatic rings. The summed E-state index contributed by atoms with van der Waals surface area (Å²) in [7, 11) is 0. The third-order valence-corrected chi connectivity index (χ3v) is 2.89. The van der Waals surface area contributed by atoms with E-state index in [4.69, 9.17) is 11.6 Å². The summed E-state index contributed by atoms with van der Waals surface area (Å²) in [6.45, 7) is 0. The first kappa shape index (κ1) is 9.06. The minimum atomic E-state index is -0.207. The highest BCUT2D eigenvalue weighted by Gasteiger charge is 2.30. The number of hydrogen-bond donors (Lipinski definition) is 1. The van der Waals surface area contributed by atoms with Gasteiger partial charge in [-0.2, -0.15) is 5.10 Å². The summed E-state index contributed by atoms with van der Waals surface area (Å²) < 4.78 is 1.79. The molecule has 0 saturated heterocycles. The van der Waals surface area contributed by atoms with Crippen LogP contribution < -0.4 is 0 Å². The summed E-state index contributed by atoms with van der Waals surface area (Å²) in [6, 6.07) is 0.227. The smallest absolute Gasteiger partial charge is 0.178 e. The normalized spacial score (nSPS) is 25.5. The van der Waals surface area contributed by atoms with E-state index in [0.29, 0.717) is 10.8 Å². The lowest BCUT2D eigenvalue weighted by atomic mass is 9.90. The van der Waals surface area contributed by atoms with Crippen LogP contribution in [0.4, 0.5) is 0 Å². The molecule has 0 spiro atoms. The van der Waals surface area contributed by atoms with Gasteiger partial charge in [0.05, 0.1) is 24.5 Å². The van der Waals surface area contributed by atoms with Crippen LogP contribution in [0.1, 0.15) is 18.9 Å². The van der Waals surface area contributed by atoms with E-state index in [9.17, 15) is 5.11 Å². The van der Waals surface area contributed by atoms with E-state index in [2.05, 4.69) is 15.1 Å². The average molecular weight is 225 g/mol. The molecule has 2 aromatic rings. The van der Waals surface area contributed by atoms with Crippen molar-refractivity contribution in [1.29, 1.82) is 0 Å². The second kappa shape index (κ2) is 3.15. The number of aromatic nitrogens is 4. The molecule has 6 heteroatoms. The Labute approximate surface area is 90.7 Å². The summed E-state index contributed by atoms with van der Waals surface area (Å²) in [5.41, 5.74) is 1.43. The minimum Gasteiger partial charge on any atom is -0.393 e. The van der Waals surface area contributed by atoms with E-state index in [0.717, 1.165) is 18.4 Å².